The van der Waals surface area contributed by atoms with Gasteiger partial charge in [0.25, 0.3) is 0 Å². The van der Waals surface area contributed by atoms with Crippen LogP contribution in [-0.2, 0) is 76.0 Å². The van der Waals surface area contributed by atoms with Crippen LogP contribution in [0.15, 0.2) is 12.7 Å². The van der Waals surface area contributed by atoms with Crippen molar-refractivity contribution in [1.82, 2.24) is 10.6 Å². The van der Waals surface area contributed by atoms with Gasteiger partial charge in [0.2, 0.25) is 11.8 Å². The number of amides is 2. The van der Waals surface area contributed by atoms with E-state index in [1.807, 2.05) is 0 Å². The summed E-state index contributed by atoms with van der Waals surface area (Å²) in [5, 5.41) is 49.7. The topological polar surface area (TPSA) is 348 Å². The molecule has 2 heterocycles. The molecule has 2 saturated heterocycles. The minimum absolute atomic E-state index is 0.000931. The van der Waals surface area contributed by atoms with Gasteiger partial charge in [0.15, 0.2) is 30.9 Å². The van der Waals surface area contributed by atoms with Crippen LogP contribution in [0.5, 0.6) is 0 Å². The number of aliphatic hydroxyl groups is 4. The zero-order chi connectivity index (χ0) is 53.9. The summed E-state index contributed by atoms with van der Waals surface area (Å²) in [5.74, 6) is -5.57. The monoisotopic (exact) mass is 1040 g/mol. The van der Waals surface area contributed by atoms with Gasteiger partial charge >= 0.3 is 37.8 Å². The first-order chi connectivity index (χ1) is 33.3. The van der Waals surface area contributed by atoms with E-state index in [9.17, 15) is 63.8 Å². The summed E-state index contributed by atoms with van der Waals surface area (Å²) in [6, 6.07) is 0. The Morgan fingerprint density at radius 2 is 1.23 bits per heavy atom. The zero-order valence-corrected chi connectivity index (χ0v) is 43.2. The van der Waals surface area contributed by atoms with Gasteiger partial charge in [-0.25, -0.2) is 0 Å². The summed E-state index contributed by atoms with van der Waals surface area (Å²) in [6.07, 6.45) is -18.4. The van der Waals surface area contributed by atoms with Crippen molar-refractivity contribution in [3.8, 4) is 0 Å². The quantitative estimate of drug-likeness (QED) is 0.0217. The summed E-state index contributed by atoms with van der Waals surface area (Å²) in [4.78, 5) is 113. The second kappa shape index (κ2) is 29.7. The fourth-order valence-electron chi connectivity index (χ4n) is 7.78. The van der Waals surface area contributed by atoms with Crippen molar-refractivity contribution < 1.29 is 106 Å². The summed E-state index contributed by atoms with van der Waals surface area (Å²) < 4.78 is 51.7. The number of ether oxygens (including phenoxy) is 8. The molecule has 2 rings (SSSR count). The van der Waals surface area contributed by atoms with E-state index >= 15 is 0 Å². The molecule has 24 nitrogen and oxygen atoms in total. The maximum Gasteiger partial charge on any atom is 0.403 e. The fourth-order valence-corrected chi connectivity index (χ4v) is 8.49. The Kier molecular flexibility index (Phi) is 26.4. The fraction of sp³-hybridized carbons (Fsp3) is 0.804. The molecule has 408 valence electrons. The molecule has 2 amide bonds. The van der Waals surface area contributed by atoms with Gasteiger partial charge in [-0.2, -0.15) is 14.3 Å². The van der Waals surface area contributed by atoms with Gasteiger partial charge in [-0.1, -0.05) is 54.0 Å². The van der Waals surface area contributed by atoms with Gasteiger partial charge in [0.1, 0.15) is 54.4 Å². The second-order valence-corrected chi connectivity index (χ2v) is 19.8. The van der Waals surface area contributed by atoms with E-state index in [0.717, 1.165) is 6.66 Å². The molecule has 2 aliphatic rings. The van der Waals surface area contributed by atoms with E-state index in [1.54, 1.807) is 34.6 Å². The average molecular weight is 1040 g/mol. The molecule has 0 spiro atoms. The van der Waals surface area contributed by atoms with Crippen molar-refractivity contribution in [3.63, 3.8) is 0 Å². The van der Waals surface area contributed by atoms with Crippen molar-refractivity contribution in [3.05, 3.63) is 12.7 Å². The van der Waals surface area contributed by atoms with E-state index in [0.29, 0.717) is 6.42 Å². The van der Waals surface area contributed by atoms with Crippen LogP contribution in [-0.4, -0.2) is 176 Å². The van der Waals surface area contributed by atoms with E-state index < -0.39 is 173 Å². The Hall–Kier alpha value is -3.94. The Bertz CT molecular complexity index is 1770. The van der Waals surface area contributed by atoms with Gasteiger partial charge in [0.05, 0.1) is 45.0 Å². The molecular weight excluding hydrogens is 963 g/mol. The van der Waals surface area contributed by atoms with Crippen LogP contribution < -0.4 is 10.6 Å². The summed E-state index contributed by atoms with van der Waals surface area (Å²) in [5.41, 5.74) is -4.31. The Balaban J connectivity index is 2.73. The molecular formula is C46H78N2O22P+. The molecule has 0 aliphatic carbocycles. The number of nitrogens with one attached hydrogen (secondary N) is 2. The van der Waals surface area contributed by atoms with Crippen LogP contribution >= 0.6 is 7.94 Å². The van der Waals surface area contributed by atoms with E-state index in [2.05, 4.69) is 17.2 Å². The van der Waals surface area contributed by atoms with Crippen molar-refractivity contribution in [2.75, 3.05) is 19.9 Å². The van der Waals surface area contributed by atoms with E-state index in [-0.39, 0.29) is 44.9 Å². The molecule has 0 saturated carbocycles. The lowest BCUT2D eigenvalue weighted by molar-refractivity contribution is -0.321. The maximum atomic E-state index is 14.1. The number of rotatable bonds is 30. The molecule has 8 N–H and O–H groups in total. The summed E-state index contributed by atoms with van der Waals surface area (Å²) in [6.45, 7) is 15.0. The lowest BCUT2D eigenvalue weighted by Crippen LogP contribution is -2.74. The van der Waals surface area contributed by atoms with Gasteiger partial charge in [-0.15, -0.1) is 6.58 Å². The van der Waals surface area contributed by atoms with Crippen LogP contribution in [0.25, 0.3) is 0 Å². The lowest BCUT2D eigenvalue weighted by atomic mass is 9.83. The van der Waals surface area contributed by atoms with Crippen LogP contribution in [0.4, 0.5) is 0 Å². The molecule has 2 fully saturated rings. The maximum absolute atomic E-state index is 14.1. The third-order valence-corrected chi connectivity index (χ3v) is 12.4. The molecule has 2 aliphatic heterocycles. The SMILES string of the molecule is C=CCC(CC(=O)OC1C(O[P+](C)(O)O)C(CO)OC(OCC2OC(O)C(C)(NC(=O)CC(CC)OC(=O)CC)C(OC(=O)CC(O)CC)C2O)C1(C)NC(=O)CC(CCC)OC(=O)CC)OC(=O)CC. The zero-order valence-electron chi connectivity index (χ0n) is 42.3. The molecule has 0 aromatic rings. The van der Waals surface area contributed by atoms with Crippen molar-refractivity contribution in [1.29, 1.82) is 0 Å². The number of carbonyl (C=O) groups is 7. The highest BCUT2D eigenvalue weighted by atomic mass is 31.2. The third-order valence-electron chi connectivity index (χ3n) is 11.7. The van der Waals surface area contributed by atoms with Crippen LogP contribution in [0.2, 0.25) is 0 Å². The van der Waals surface area contributed by atoms with E-state index in [1.165, 1.54) is 26.8 Å². The average Bonchev–Trinajstić information content (AvgIpc) is 3.29. The second-order valence-electron chi connectivity index (χ2n) is 17.9. The summed E-state index contributed by atoms with van der Waals surface area (Å²) >= 11 is 0. The molecule has 0 bridgehead atoms. The van der Waals surface area contributed by atoms with Gasteiger partial charge in [-0.3, -0.25) is 33.6 Å². The first-order valence-electron chi connectivity index (χ1n) is 24.1. The number of esters is 5. The third kappa shape index (κ3) is 19.4. The Labute approximate surface area is 415 Å². The first-order valence-corrected chi connectivity index (χ1v) is 26.1. The van der Waals surface area contributed by atoms with Crippen LogP contribution in [0.1, 0.15) is 132 Å². The van der Waals surface area contributed by atoms with Gasteiger partial charge < -0.3 is 69.0 Å². The molecule has 71 heavy (non-hydrogen) atoms. The molecule has 14 atom stereocenters. The number of hydrogen-bond donors (Lipinski definition) is 8. The smallest absolute Gasteiger partial charge is 0.403 e. The summed E-state index contributed by atoms with van der Waals surface area (Å²) in [7, 11) is -4.33. The largest absolute Gasteiger partial charge is 0.462 e. The molecule has 0 aromatic carbocycles. The minimum Gasteiger partial charge on any atom is -0.462 e. The molecule has 0 aromatic heterocycles. The van der Waals surface area contributed by atoms with E-state index in [4.69, 9.17) is 42.4 Å². The highest BCUT2D eigenvalue weighted by Gasteiger charge is 2.62. The highest BCUT2D eigenvalue weighted by molar-refractivity contribution is 7.58. The van der Waals surface area contributed by atoms with Crippen molar-refractivity contribution in [2.24, 2.45) is 0 Å². The Morgan fingerprint density at radius 3 is 1.73 bits per heavy atom. The molecule has 0 radical (unpaired) electrons. The first kappa shape index (κ1) is 63.2. The molecule has 25 heteroatoms. The van der Waals surface area contributed by atoms with Crippen molar-refractivity contribution >= 4 is 49.6 Å². The predicted molar refractivity (Wildman–Crippen MR) is 249 cm³/mol. The van der Waals surface area contributed by atoms with Gasteiger partial charge in [0, 0.05) is 25.7 Å². The standard InChI is InChI=1S/C46H77N2O22P/c1-11-18-28(64-35(54)16-6)22-33(52)48-46(9)42(69-38(57)23-29(19-12-2)65-36(55)17-7)40(70-71(10,60)61)30(24-49)67-44(46)62-25-31-39(58)41(68-37(56)20-26(50)13-3)45(8,43(59)66-31)47-32(51)21-27(14-4)63-34(53)15-5/h12,26-31,39-44,49-50,58-61H,2,11,13-25H2,1,3-10H3,(H-,47,48,51,52)/p+1. The minimum atomic E-state index is -4.33. The molecule has 14 unspecified atom stereocenters. The lowest BCUT2D eigenvalue weighted by Gasteiger charge is -2.52. The number of aliphatic hydroxyl groups excluding tert-OH is 4. The van der Waals surface area contributed by atoms with Crippen molar-refractivity contribution in [2.45, 2.75) is 217 Å². The van der Waals surface area contributed by atoms with Crippen LogP contribution in [0, 0.1) is 0 Å². The van der Waals surface area contributed by atoms with Crippen LogP contribution in [0.3, 0.4) is 0 Å². The Morgan fingerprint density at radius 1 is 0.704 bits per heavy atom. The highest BCUT2D eigenvalue weighted by Crippen LogP contribution is 2.51. The normalized spacial score (nSPS) is 28.2. The predicted octanol–water partition coefficient (Wildman–Crippen LogP) is 1.22. The number of carbonyl (C=O) groups excluding carboxylic acids is 7. The van der Waals surface area contributed by atoms with Gasteiger partial charge in [-0.05, 0) is 33.1 Å². The number of hydrogen-bond acceptors (Lipinski definition) is 22.